The van der Waals surface area contributed by atoms with Gasteiger partial charge in [-0.3, -0.25) is 14.5 Å². The molecule has 1 rings (SSSR count). The van der Waals surface area contributed by atoms with Crippen LogP contribution in [0.1, 0.15) is 46.0 Å². The number of carboxylic acids is 1. The van der Waals surface area contributed by atoms with Gasteiger partial charge in [0.25, 0.3) is 0 Å². The Balaban J connectivity index is 2.42. The van der Waals surface area contributed by atoms with Crippen molar-refractivity contribution in [3.63, 3.8) is 0 Å². The molecule has 0 saturated carbocycles. The van der Waals surface area contributed by atoms with Crippen molar-refractivity contribution in [2.24, 2.45) is 5.92 Å². The highest BCUT2D eigenvalue weighted by Gasteiger charge is 2.31. The molecule has 0 radical (unpaired) electrons. The van der Waals surface area contributed by atoms with Crippen molar-refractivity contribution in [2.75, 3.05) is 32.7 Å². The Morgan fingerprint density at radius 2 is 1.80 bits per heavy atom. The molecular formula is C15H28N2O3. The summed E-state index contributed by atoms with van der Waals surface area (Å²) < 4.78 is 0. The predicted octanol–water partition coefficient (Wildman–Crippen LogP) is 1.82. The molecule has 1 heterocycles. The first-order valence-corrected chi connectivity index (χ1v) is 7.81. The van der Waals surface area contributed by atoms with Crippen LogP contribution in [0.3, 0.4) is 0 Å². The summed E-state index contributed by atoms with van der Waals surface area (Å²) in [4.78, 5) is 27.1. The first-order valence-electron chi connectivity index (χ1n) is 7.81. The van der Waals surface area contributed by atoms with Crippen LogP contribution < -0.4 is 0 Å². The molecule has 0 spiro atoms. The molecule has 0 aliphatic carbocycles. The van der Waals surface area contributed by atoms with E-state index in [2.05, 4.69) is 18.7 Å². The lowest BCUT2D eigenvalue weighted by atomic mass is 10.1. The van der Waals surface area contributed by atoms with Crippen LogP contribution in [-0.4, -0.2) is 59.5 Å². The minimum absolute atomic E-state index is 0.0842. The zero-order valence-corrected chi connectivity index (χ0v) is 12.8. The highest BCUT2D eigenvalue weighted by Crippen LogP contribution is 2.16. The average molecular weight is 284 g/mol. The monoisotopic (exact) mass is 284 g/mol. The number of aliphatic carboxylic acids is 1. The second-order valence-electron chi connectivity index (χ2n) is 5.65. The highest BCUT2D eigenvalue weighted by atomic mass is 16.4. The van der Waals surface area contributed by atoms with Gasteiger partial charge in [0.2, 0.25) is 5.91 Å². The van der Waals surface area contributed by atoms with E-state index >= 15 is 0 Å². The zero-order chi connectivity index (χ0) is 15.0. The fourth-order valence-electron chi connectivity index (χ4n) is 2.51. The molecule has 20 heavy (non-hydrogen) atoms. The van der Waals surface area contributed by atoms with Crippen LogP contribution >= 0.6 is 0 Å². The summed E-state index contributed by atoms with van der Waals surface area (Å²) in [6.45, 7) is 7.62. The van der Waals surface area contributed by atoms with E-state index in [0.717, 1.165) is 38.8 Å². The summed E-state index contributed by atoms with van der Waals surface area (Å²) in [5.74, 6) is -1.08. The third-order valence-corrected chi connectivity index (χ3v) is 3.90. The van der Waals surface area contributed by atoms with Crippen molar-refractivity contribution in [2.45, 2.75) is 46.0 Å². The number of hydrogen-bond donors (Lipinski definition) is 1. The molecule has 1 fully saturated rings. The number of unbranched alkanes of at least 4 members (excludes halogenated alkanes) is 2. The van der Waals surface area contributed by atoms with Crippen LogP contribution in [0.15, 0.2) is 0 Å². The number of rotatable bonds is 9. The van der Waals surface area contributed by atoms with E-state index in [1.165, 1.54) is 0 Å². The highest BCUT2D eigenvalue weighted by molar-refractivity contribution is 5.80. The van der Waals surface area contributed by atoms with Crippen LogP contribution in [0.4, 0.5) is 0 Å². The van der Waals surface area contributed by atoms with Crippen molar-refractivity contribution in [3.05, 3.63) is 0 Å². The first-order chi connectivity index (χ1) is 9.58. The molecule has 5 heteroatoms. The van der Waals surface area contributed by atoms with E-state index in [9.17, 15) is 9.59 Å². The van der Waals surface area contributed by atoms with Crippen molar-refractivity contribution in [1.82, 2.24) is 9.80 Å². The second-order valence-corrected chi connectivity index (χ2v) is 5.65. The van der Waals surface area contributed by atoms with Gasteiger partial charge in [0.05, 0.1) is 12.5 Å². The maximum absolute atomic E-state index is 12.2. The van der Waals surface area contributed by atoms with Gasteiger partial charge in [0.15, 0.2) is 0 Å². The van der Waals surface area contributed by atoms with Crippen molar-refractivity contribution >= 4 is 11.9 Å². The minimum Gasteiger partial charge on any atom is -0.481 e. The van der Waals surface area contributed by atoms with Crippen molar-refractivity contribution in [1.29, 1.82) is 0 Å². The molecule has 1 atom stereocenters. The molecule has 1 aliphatic heterocycles. The Kier molecular flexibility index (Phi) is 7.59. The van der Waals surface area contributed by atoms with E-state index in [0.29, 0.717) is 26.1 Å². The summed E-state index contributed by atoms with van der Waals surface area (Å²) in [5, 5.41) is 8.98. The van der Waals surface area contributed by atoms with Gasteiger partial charge in [0.1, 0.15) is 0 Å². The minimum atomic E-state index is -0.783. The molecule has 5 nitrogen and oxygen atoms in total. The first kappa shape index (κ1) is 17.0. The quantitative estimate of drug-likeness (QED) is 0.701. The van der Waals surface area contributed by atoms with Crippen LogP contribution in [0.2, 0.25) is 0 Å². The van der Waals surface area contributed by atoms with Gasteiger partial charge in [-0.15, -0.1) is 0 Å². The third kappa shape index (κ3) is 5.49. The number of carbonyl (C=O) groups excluding carboxylic acids is 1. The molecule has 1 aliphatic rings. The molecule has 1 unspecified atom stereocenters. The predicted molar refractivity (Wildman–Crippen MR) is 78.6 cm³/mol. The lowest BCUT2D eigenvalue weighted by molar-refractivity contribution is -0.141. The molecular weight excluding hydrogens is 256 g/mol. The molecule has 1 saturated heterocycles. The fraction of sp³-hybridized carbons (Fsp3) is 0.867. The lowest BCUT2D eigenvalue weighted by Gasteiger charge is -2.24. The van der Waals surface area contributed by atoms with Crippen LogP contribution in [0.5, 0.6) is 0 Å². The summed E-state index contributed by atoms with van der Waals surface area (Å²) in [7, 11) is 0. The maximum atomic E-state index is 12.2. The Morgan fingerprint density at radius 3 is 2.25 bits per heavy atom. The van der Waals surface area contributed by atoms with Crippen LogP contribution in [-0.2, 0) is 9.59 Å². The maximum Gasteiger partial charge on any atom is 0.308 e. The van der Waals surface area contributed by atoms with Crippen LogP contribution in [0.25, 0.3) is 0 Å². The Bertz CT molecular complexity index is 312. The number of amides is 1. The smallest absolute Gasteiger partial charge is 0.308 e. The van der Waals surface area contributed by atoms with E-state index in [1.54, 1.807) is 4.90 Å². The Morgan fingerprint density at radius 1 is 1.20 bits per heavy atom. The standard InChI is InChI=1S/C15H28N2O3/c1-3-5-8-16(9-6-4-2)12-14(18)17-10-7-13(11-17)15(19)20/h13H,3-12H2,1-2H3,(H,19,20). The zero-order valence-electron chi connectivity index (χ0n) is 12.8. The average Bonchev–Trinajstić information content (AvgIpc) is 2.91. The van der Waals surface area contributed by atoms with E-state index in [-0.39, 0.29) is 11.8 Å². The van der Waals surface area contributed by atoms with Crippen molar-refractivity contribution in [3.8, 4) is 0 Å². The van der Waals surface area contributed by atoms with Crippen LogP contribution in [0, 0.1) is 5.92 Å². The normalized spacial score (nSPS) is 18.8. The largest absolute Gasteiger partial charge is 0.481 e. The molecule has 0 aromatic rings. The van der Waals surface area contributed by atoms with E-state index < -0.39 is 5.97 Å². The van der Waals surface area contributed by atoms with Crippen molar-refractivity contribution < 1.29 is 14.7 Å². The molecule has 0 bridgehead atoms. The number of likely N-dealkylation sites (tertiary alicyclic amines) is 1. The summed E-state index contributed by atoms with van der Waals surface area (Å²) in [5.41, 5.74) is 0. The molecule has 1 amide bonds. The van der Waals surface area contributed by atoms with Gasteiger partial charge in [-0.2, -0.15) is 0 Å². The van der Waals surface area contributed by atoms with Gasteiger partial charge in [-0.1, -0.05) is 26.7 Å². The number of nitrogens with zero attached hydrogens (tertiary/aromatic N) is 2. The fourth-order valence-corrected chi connectivity index (χ4v) is 2.51. The number of carbonyl (C=O) groups is 2. The van der Waals surface area contributed by atoms with Gasteiger partial charge in [0, 0.05) is 13.1 Å². The van der Waals surface area contributed by atoms with Gasteiger partial charge < -0.3 is 10.0 Å². The third-order valence-electron chi connectivity index (χ3n) is 3.90. The molecule has 0 aromatic heterocycles. The van der Waals surface area contributed by atoms with Gasteiger partial charge in [-0.05, 0) is 32.4 Å². The molecule has 116 valence electrons. The summed E-state index contributed by atoms with van der Waals surface area (Å²) in [6.07, 6.45) is 5.05. The molecule has 1 N–H and O–H groups in total. The Hall–Kier alpha value is -1.10. The second kappa shape index (κ2) is 8.95. The number of hydrogen-bond acceptors (Lipinski definition) is 3. The molecule has 0 aromatic carbocycles. The SMILES string of the molecule is CCCCN(CCCC)CC(=O)N1CCC(C(=O)O)C1. The Labute approximate surface area is 121 Å². The van der Waals surface area contributed by atoms with E-state index in [1.807, 2.05) is 0 Å². The summed E-state index contributed by atoms with van der Waals surface area (Å²) in [6, 6.07) is 0. The summed E-state index contributed by atoms with van der Waals surface area (Å²) >= 11 is 0. The van der Waals surface area contributed by atoms with E-state index in [4.69, 9.17) is 5.11 Å². The van der Waals surface area contributed by atoms with Gasteiger partial charge in [-0.25, -0.2) is 0 Å². The van der Waals surface area contributed by atoms with Gasteiger partial charge >= 0.3 is 5.97 Å². The number of carboxylic acid groups (broad SMARTS) is 1. The lowest BCUT2D eigenvalue weighted by Crippen LogP contribution is -2.40. The topological polar surface area (TPSA) is 60.9 Å².